The molecule has 0 saturated carbocycles. The van der Waals surface area contributed by atoms with Crippen molar-refractivity contribution < 1.29 is 14.3 Å². The predicted octanol–water partition coefficient (Wildman–Crippen LogP) is 4.45. The van der Waals surface area contributed by atoms with E-state index < -0.39 is 0 Å². The summed E-state index contributed by atoms with van der Waals surface area (Å²) in [5, 5.41) is 6.57. The molecule has 0 unspecified atom stereocenters. The molecule has 0 atom stereocenters. The molecule has 0 spiro atoms. The van der Waals surface area contributed by atoms with Gasteiger partial charge in [-0.3, -0.25) is 4.79 Å². The highest BCUT2D eigenvalue weighted by Crippen LogP contribution is 2.29. The van der Waals surface area contributed by atoms with Gasteiger partial charge in [0.2, 0.25) is 0 Å². The molecule has 1 aromatic heterocycles. The van der Waals surface area contributed by atoms with Gasteiger partial charge in [-0.05, 0) is 43.3 Å². The Morgan fingerprint density at radius 1 is 1.00 bits per heavy atom. The summed E-state index contributed by atoms with van der Waals surface area (Å²) in [6.07, 6.45) is 0. The Kier molecular flexibility index (Phi) is 5.96. The van der Waals surface area contributed by atoms with Gasteiger partial charge in [-0.1, -0.05) is 11.6 Å². The fourth-order valence-corrected chi connectivity index (χ4v) is 2.64. The van der Waals surface area contributed by atoms with E-state index in [1.807, 2.05) is 12.1 Å². The third-order valence-electron chi connectivity index (χ3n) is 3.84. The molecule has 3 aromatic rings. The second kappa shape index (κ2) is 8.58. The Hall–Kier alpha value is -3.32. The maximum absolute atomic E-state index is 12.7. The van der Waals surface area contributed by atoms with Crippen LogP contribution in [0.5, 0.6) is 11.5 Å². The van der Waals surface area contributed by atoms with E-state index >= 15 is 0 Å². The minimum absolute atomic E-state index is 0.224. The normalized spacial score (nSPS) is 10.3. The highest BCUT2D eigenvalue weighted by Gasteiger charge is 2.14. The zero-order valence-electron chi connectivity index (χ0n) is 15.6. The number of carbonyl (C=O) groups excluding carboxylic acids is 1. The van der Waals surface area contributed by atoms with Gasteiger partial charge in [0.05, 0.1) is 19.9 Å². The van der Waals surface area contributed by atoms with E-state index in [9.17, 15) is 4.79 Å². The van der Waals surface area contributed by atoms with Crippen molar-refractivity contribution in [1.82, 2.24) is 9.97 Å². The molecule has 2 N–H and O–H groups in total. The molecule has 144 valence electrons. The average molecular weight is 399 g/mol. The van der Waals surface area contributed by atoms with Crippen molar-refractivity contribution in [2.75, 3.05) is 24.9 Å². The summed E-state index contributed by atoms with van der Waals surface area (Å²) in [5.74, 6) is 1.70. The van der Waals surface area contributed by atoms with Gasteiger partial charge in [-0.25, -0.2) is 9.97 Å². The Morgan fingerprint density at radius 2 is 1.75 bits per heavy atom. The summed E-state index contributed by atoms with van der Waals surface area (Å²) in [5.41, 5.74) is 1.53. The molecule has 8 heteroatoms. The molecule has 2 aromatic carbocycles. The SMILES string of the molecule is COc1ccc(NC(=O)c2cc(Nc3ccc(Cl)cc3)nc(C)n2)c(OC)c1. The van der Waals surface area contributed by atoms with Gasteiger partial charge < -0.3 is 20.1 Å². The number of hydrogen-bond donors (Lipinski definition) is 2. The molecule has 1 heterocycles. The second-order valence-corrected chi connectivity index (χ2v) is 6.27. The quantitative estimate of drug-likeness (QED) is 0.638. The van der Waals surface area contributed by atoms with E-state index in [2.05, 4.69) is 20.6 Å². The lowest BCUT2D eigenvalue weighted by Crippen LogP contribution is -2.16. The highest BCUT2D eigenvalue weighted by molar-refractivity contribution is 6.30. The Labute approximate surface area is 167 Å². The number of amides is 1. The van der Waals surface area contributed by atoms with Crippen molar-refractivity contribution in [2.24, 2.45) is 0 Å². The molecule has 0 saturated heterocycles. The number of benzene rings is 2. The molecule has 7 nitrogen and oxygen atoms in total. The van der Waals surface area contributed by atoms with Crippen molar-refractivity contribution >= 4 is 34.7 Å². The van der Waals surface area contributed by atoms with E-state index in [0.29, 0.717) is 33.9 Å². The number of carbonyl (C=O) groups is 1. The smallest absolute Gasteiger partial charge is 0.274 e. The molecule has 28 heavy (non-hydrogen) atoms. The fourth-order valence-electron chi connectivity index (χ4n) is 2.52. The maximum atomic E-state index is 12.7. The van der Waals surface area contributed by atoms with E-state index in [1.54, 1.807) is 50.4 Å². The van der Waals surface area contributed by atoms with Crippen molar-refractivity contribution in [3.8, 4) is 11.5 Å². The third-order valence-corrected chi connectivity index (χ3v) is 4.10. The summed E-state index contributed by atoms with van der Waals surface area (Å²) in [6.45, 7) is 1.72. The predicted molar refractivity (Wildman–Crippen MR) is 109 cm³/mol. The standard InChI is InChI=1S/C20H19ClN4O3/c1-12-22-17(11-19(23-12)24-14-6-4-13(21)5-7-14)20(26)25-16-9-8-15(27-2)10-18(16)28-3/h4-11H,1-3H3,(H,25,26)(H,22,23,24). The average Bonchev–Trinajstić information content (AvgIpc) is 2.69. The molecule has 0 fully saturated rings. The maximum Gasteiger partial charge on any atom is 0.274 e. The molecule has 3 rings (SSSR count). The Balaban J connectivity index is 1.82. The number of methoxy groups -OCH3 is 2. The van der Waals surface area contributed by atoms with Crippen LogP contribution < -0.4 is 20.1 Å². The van der Waals surface area contributed by atoms with Crippen molar-refractivity contribution in [3.05, 3.63) is 65.1 Å². The molecule has 0 aliphatic heterocycles. The zero-order chi connectivity index (χ0) is 20.1. The number of aromatic nitrogens is 2. The molecular weight excluding hydrogens is 380 g/mol. The summed E-state index contributed by atoms with van der Waals surface area (Å²) >= 11 is 5.90. The van der Waals surface area contributed by atoms with Crippen molar-refractivity contribution in [1.29, 1.82) is 0 Å². The van der Waals surface area contributed by atoms with Crippen LogP contribution >= 0.6 is 11.6 Å². The molecule has 0 aliphatic rings. The van der Waals surface area contributed by atoms with E-state index in [1.165, 1.54) is 7.11 Å². The van der Waals surface area contributed by atoms with Gasteiger partial charge in [0.25, 0.3) is 5.91 Å². The second-order valence-electron chi connectivity index (χ2n) is 5.84. The summed E-state index contributed by atoms with van der Waals surface area (Å²) in [4.78, 5) is 21.3. The molecule has 0 aliphatic carbocycles. The minimum Gasteiger partial charge on any atom is -0.497 e. The van der Waals surface area contributed by atoms with Crippen LogP contribution in [0.4, 0.5) is 17.2 Å². The number of anilines is 3. The topological polar surface area (TPSA) is 85.4 Å². The summed E-state index contributed by atoms with van der Waals surface area (Å²) in [7, 11) is 3.08. The monoisotopic (exact) mass is 398 g/mol. The van der Waals surface area contributed by atoms with Crippen LogP contribution in [0.15, 0.2) is 48.5 Å². The number of aryl methyl sites for hydroxylation is 1. The zero-order valence-corrected chi connectivity index (χ0v) is 16.4. The number of halogens is 1. The molecular formula is C20H19ClN4O3. The number of ether oxygens (including phenoxy) is 2. The first-order chi connectivity index (χ1) is 13.5. The summed E-state index contributed by atoms with van der Waals surface area (Å²) in [6, 6.07) is 13.9. The lowest BCUT2D eigenvalue weighted by atomic mass is 10.2. The number of nitrogens with zero attached hydrogens (tertiary/aromatic N) is 2. The van der Waals surface area contributed by atoms with Crippen LogP contribution in [0, 0.1) is 6.92 Å². The molecule has 1 amide bonds. The van der Waals surface area contributed by atoms with Crippen molar-refractivity contribution in [3.63, 3.8) is 0 Å². The van der Waals surface area contributed by atoms with Crippen LogP contribution in [0.25, 0.3) is 0 Å². The Morgan fingerprint density at radius 3 is 2.43 bits per heavy atom. The van der Waals surface area contributed by atoms with Crippen LogP contribution in [0.3, 0.4) is 0 Å². The van der Waals surface area contributed by atoms with Gasteiger partial charge in [0.15, 0.2) is 0 Å². The molecule has 0 bridgehead atoms. The van der Waals surface area contributed by atoms with Crippen LogP contribution in [0.1, 0.15) is 16.3 Å². The first-order valence-electron chi connectivity index (χ1n) is 8.40. The first-order valence-corrected chi connectivity index (χ1v) is 8.78. The fraction of sp³-hybridized carbons (Fsp3) is 0.150. The van der Waals surface area contributed by atoms with Gasteiger partial charge in [0.1, 0.15) is 28.8 Å². The summed E-state index contributed by atoms with van der Waals surface area (Å²) < 4.78 is 10.5. The van der Waals surface area contributed by atoms with Crippen LogP contribution in [-0.2, 0) is 0 Å². The van der Waals surface area contributed by atoms with Gasteiger partial charge >= 0.3 is 0 Å². The Bertz CT molecular complexity index is 993. The number of hydrogen-bond acceptors (Lipinski definition) is 6. The first kappa shape index (κ1) is 19.4. The van der Waals surface area contributed by atoms with Crippen LogP contribution in [0.2, 0.25) is 5.02 Å². The molecule has 0 radical (unpaired) electrons. The minimum atomic E-state index is -0.381. The van der Waals surface area contributed by atoms with E-state index in [4.69, 9.17) is 21.1 Å². The van der Waals surface area contributed by atoms with E-state index in [-0.39, 0.29) is 11.6 Å². The highest BCUT2D eigenvalue weighted by atomic mass is 35.5. The van der Waals surface area contributed by atoms with E-state index in [0.717, 1.165) is 5.69 Å². The van der Waals surface area contributed by atoms with Gasteiger partial charge in [0, 0.05) is 22.8 Å². The number of nitrogens with one attached hydrogen (secondary N) is 2. The largest absolute Gasteiger partial charge is 0.497 e. The number of rotatable bonds is 6. The lowest BCUT2D eigenvalue weighted by Gasteiger charge is -2.12. The van der Waals surface area contributed by atoms with Gasteiger partial charge in [-0.2, -0.15) is 0 Å². The van der Waals surface area contributed by atoms with Gasteiger partial charge in [-0.15, -0.1) is 0 Å². The van der Waals surface area contributed by atoms with Crippen molar-refractivity contribution in [2.45, 2.75) is 6.92 Å². The lowest BCUT2D eigenvalue weighted by molar-refractivity contribution is 0.102. The van der Waals surface area contributed by atoms with Crippen LogP contribution in [-0.4, -0.2) is 30.1 Å². The third kappa shape index (κ3) is 4.69.